The molecular weight excluding hydrogens is 341 g/mol. The van der Waals surface area contributed by atoms with Crippen LogP contribution in [0.25, 0.3) is 0 Å². The van der Waals surface area contributed by atoms with Crippen LogP contribution in [-0.2, 0) is 11.0 Å². The van der Waals surface area contributed by atoms with Crippen LogP contribution in [0.3, 0.4) is 0 Å². The van der Waals surface area contributed by atoms with Gasteiger partial charge in [-0.2, -0.15) is 13.2 Å². The van der Waals surface area contributed by atoms with E-state index in [1.807, 2.05) is 0 Å². The molecule has 0 saturated carbocycles. The molecule has 1 heterocycles. The van der Waals surface area contributed by atoms with Crippen molar-refractivity contribution < 1.29 is 27.6 Å². The van der Waals surface area contributed by atoms with E-state index in [-0.39, 0.29) is 35.0 Å². The summed E-state index contributed by atoms with van der Waals surface area (Å²) in [5.74, 6) is -0.364. The summed E-state index contributed by atoms with van der Waals surface area (Å²) in [4.78, 5) is 23.7. The van der Waals surface area contributed by atoms with Crippen molar-refractivity contribution in [2.24, 2.45) is 0 Å². The van der Waals surface area contributed by atoms with Crippen molar-refractivity contribution in [2.75, 3.05) is 11.5 Å². The number of carbonyl (C=O) groups excluding carboxylic acids is 1. The number of hydrogen-bond acceptors (Lipinski definition) is 4. The van der Waals surface area contributed by atoms with E-state index >= 15 is 0 Å². The third kappa shape index (κ3) is 3.00. The number of amides is 1. The molecule has 2 aromatic carbocycles. The number of hydrogen-bond donors (Lipinski definition) is 0. The van der Waals surface area contributed by atoms with Crippen molar-refractivity contribution in [1.82, 2.24) is 0 Å². The van der Waals surface area contributed by atoms with Gasteiger partial charge in [-0.05, 0) is 36.8 Å². The maximum atomic E-state index is 12.8. The molecule has 0 bridgehead atoms. The number of alkyl halides is 3. The van der Waals surface area contributed by atoms with Crippen LogP contribution in [-0.4, -0.2) is 17.4 Å². The van der Waals surface area contributed by atoms with Crippen LogP contribution in [0.2, 0.25) is 0 Å². The Morgan fingerprint density at radius 1 is 1.16 bits per heavy atom. The first-order valence-electron chi connectivity index (χ1n) is 7.10. The van der Waals surface area contributed by atoms with E-state index in [0.29, 0.717) is 0 Å². The highest BCUT2D eigenvalue weighted by atomic mass is 19.4. The SMILES string of the molecule is Cc1cc(C(F)(F)F)ccc1N1C(=O)COc2cc([N+](=O)[O-])ccc21. The number of halogens is 3. The van der Waals surface area contributed by atoms with Gasteiger partial charge in [-0.3, -0.25) is 19.8 Å². The summed E-state index contributed by atoms with van der Waals surface area (Å²) in [7, 11) is 0. The minimum absolute atomic E-state index is 0.119. The zero-order valence-electron chi connectivity index (χ0n) is 12.8. The molecule has 0 N–H and O–H groups in total. The van der Waals surface area contributed by atoms with E-state index in [2.05, 4.69) is 0 Å². The number of anilines is 2. The number of fused-ring (bicyclic) bond motifs is 1. The van der Waals surface area contributed by atoms with Gasteiger partial charge in [0.2, 0.25) is 0 Å². The standard InChI is InChI=1S/C16H11F3N2O4/c1-9-6-10(16(17,18)19)2-4-12(9)20-13-5-3-11(21(23)24)7-14(13)25-8-15(20)22/h2-7H,8H2,1H3. The Morgan fingerprint density at radius 2 is 1.84 bits per heavy atom. The van der Waals surface area contributed by atoms with Gasteiger partial charge in [-0.1, -0.05) is 0 Å². The lowest BCUT2D eigenvalue weighted by atomic mass is 10.1. The minimum Gasteiger partial charge on any atom is -0.481 e. The van der Waals surface area contributed by atoms with Crippen molar-refractivity contribution in [3.05, 3.63) is 57.6 Å². The summed E-state index contributed by atoms with van der Waals surface area (Å²) >= 11 is 0. The molecule has 0 spiro atoms. The first kappa shape index (κ1) is 16.7. The zero-order chi connectivity index (χ0) is 18.4. The Morgan fingerprint density at radius 3 is 2.44 bits per heavy atom. The van der Waals surface area contributed by atoms with Crippen molar-refractivity contribution in [3.63, 3.8) is 0 Å². The molecule has 1 aliphatic rings. The fourth-order valence-electron chi connectivity index (χ4n) is 2.60. The largest absolute Gasteiger partial charge is 0.481 e. The number of nitrogens with zero attached hydrogens (tertiary/aromatic N) is 2. The van der Waals surface area contributed by atoms with Crippen LogP contribution in [0.4, 0.5) is 30.2 Å². The molecule has 0 radical (unpaired) electrons. The third-order valence-electron chi connectivity index (χ3n) is 3.76. The number of non-ortho nitro benzene ring substituents is 1. The summed E-state index contributed by atoms with van der Waals surface area (Å²) in [6.07, 6.45) is -4.49. The van der Waals surface area contributed by atoms with Gasteiger partial charge in [0.1, 0.15) is 0 Å². The van der Waals surface area contributed by atoms with Gasteiger partial charge >= 0.3 is 6.18 Å². The van der Waals surface area contributed by atoms with Gasteiger partial charge in [-0.25, -0.2) is 0 Å². The maximum Gasteiger partial charge on any atom is 0.416 e. The number of nitro groups is 1. The summed E-state index contributed by atoms with van der Waals surface area (Å²) in [6, 6.07) is 6.74. The maximum absolute atomic E-state index is 12.8. The summed E-state index contributed by atoms with van der Waals surface area (Å²) in [5, 5.41) is 10.9. The second kappa shape index (κ2) is 5.76. The summed E-state index contributed by atoms with van der Waals surface area (Å²) < 4.78 is 43.7. The number of rotatable bonds is 2. The lowest BCUT2D eigenvalue weighted by Gasteiger charge is -2.30. The average Bonchev–Trinajstić information content (AvgIpc) is 2.54. The van der Waals surface area contributed by atoms with Gasteiger partial charge in [0.25, 0.3) is 11.6 Å². The fourth-order valence-corrected chi connectivity index (χ4v) is 2.60. The molecule has 130 valence electrons. The van der Waals surface area contributed by atoms with Crippen LogP contribution in [0, 0.1) is 17.0 Å². The van der Waals surface area contributed by atoms with E-state index in [9.17, 15) is 28.1 Å². The summed E-state index contributed by atoms with van der Waals surface area (Å²) in [5.41, 5.74) is -0.286. The van der Waals surface area contributed by atoms with E-state index < -0.39 is 22.6 Å². The highest BCUT2D eigenvalue weighted by Crippen LogP contribution is 2.41. The lowest BCUT2D eigenvalue weighted by molar-refractivity contribution is -0.384. The molecule has 3 rings (SSSR count). The molecule has 2 aromatic rings. The number of ether oxygens (including phenoxy) is 1. The van der Waals surface area contributed by atoms with Crippen molar-refractivity contribution in [2.45, 2.75) is 13.1 Å². The van der Waals surface area contributed by atoms with Gasteiger partial charge in [0.05, 0.1) is 27.9 Å². The quantitative estimate of drug-likeness (QED) is 0.605. The smallest absolute Gasteiger partial charge is 0.416 e. The average molecular weight is 352 g/mol. The lowest BCUT2D eigenvalue weighted by Crippen LogP contribution is -2.35. The summed E-state index contributed by atoms with van der Waals surface area (Å²) in [6.45, 7) is 1.09. The van der Waals surface area contributed by atoms with E-state index in [4.69, 9.17) is 4.74 Å². The Kier molecular flexibility index (Phi) is 3.86. The molecule has 0 atom stereocenters. The highest BCUT2D eigenvalue weighted by molar-refractivity contribution is 6.05. The molecule has 0 aromatic heterocycles. The number of carbonyl (C=O) groups is 1. The first-order chi connectivity index (χ1) is 11.7. The van der Waals surface area contributed by atoms with Gasteiger partial charge in [0.15, 0.2) is 12.4 Å². The predicted molar refractivity (Wildman–Crippen MR) is 81.9 cm³/mol. The van der Waals surface area contributed by atoms with Crippen LogP contribution >= 0.6 is 0 Å². The second-order valence-corrected chi connectivity index (χ2v) is 5.43. The Balaban J connectivity index is 2.09. The van der Waals surface area contributed by atoms with Crippen molar-refractivity contribution in [3.8, 4) is 5.75 Å². The zero-order valence-corrected chi connectivity index (χ0v) is 12.8. The minimum atomic E-state index is -4.49. The van der Waals surface area contributed by atoms with Crippen molar-refractivity contribution >= 4 is 23.0 Å². The van der Waals surface area contributed by atoms with Crippen LogP contribution < -0.4 is 9.64 Å². The van der Waals surface area contributed by atoms with Crippen LogP contribution in [0.1, 0.15) is 11.1 Å². The molecule has 6 nitrogen and oxygen atoms in total. The molecule has 25 heavy (non-hydrogen) atoms. The third-order valence-corrected chi connectivity index (χ3v) is 3.76. The van der Waals surface area contributed by atoms with Crippen LogP contribution in [0.15, 0.2) is 36.4 Å². The molecule has 0 saturated heterocycles. The van der Waals surface area contributed by atoms with Crippen LogP contribution in [0.5, 0.6) is 5.75 Å². The number of nitro benzene ring substituents is 1. The first-order valence-corrected chi connectivity index (χ1v) is 7.10. The molecular formula is C16H11F3N2O4. The molecule has 1 amide bonds. The molecule has 0 fully saturated rings. The Labute approximate surface area is 139 Å². The fraction of sp³-hybridized carbons (Fsp3) is 0.188. The number of benzene rings is 2. The van der Waals surface area contributed by atoms with E-state index in [1.54, 1.807) is 0 Å². The van der Waals surface area contributed by atoms with E-state index in [0.717, 1.165) is 12.1 Å². The monoisotopic (exact) mass is 352 g/mol. The Bertz CT molecular complexity index is 880. The Hall–Kier alpha value is -3.10. The molecule has 0 unspecified atom stereocenters. The van der Waals surface area contributed by atoms with Gasteiger partial charge in [-0.15, -0.1) is 0 Å². The van der Waals surface area contributed by atoms with E-state index in [1.165, 1.54) is 36.1 Å². The van der Waals surface area contributed by atoms with Gasteiger partial charge in [0, 0.05) is 6.07 Å². The molecule has 1 aliphatic heterocycles. The number of aryl methyl sites for hydroxylation is 1. The highest BCUT2D eigenvalue weighted by Gasteiger charge is 2.33. The molecule has 9 heteroatoms. The predicted octanol–water partition coefficient (Wildman–Crippen LogP) is 3.98. The van der Waals surface area contributed by atoms with Crippen molar-refractivity contribution in [1.29, 1.82) is 0 Å². The topological polar surface area (TPSA) is 72.7 Å². The van der Waals surface area contributed by atoms with Gasteiger partial charge < -0.3 is 4.74 Å². The second-order valence-electron chi connectivity index (χ2n) is 5.43. The normalized spacial score (nSPS) is 14.1. The molecule has 0 aliphatic carbocycles.